The summed E-state index contributed by atoms with van der Waals surface area (Å²) in [7, 11) is 1.17. The second kappa shape index (κ2) is 4.27. The molecule has 1 aromatic rings. The zero-order chi connectivity index (χ0) is 11.4. The molecular weight excluding hydrogens is 204 g/mol. The molecule has 0 spiro atoms. The average molecular weight is 212 g/mol. The Kier molecular flexibility index (Phi) is 3.06. The van der Waals surface area contributed by atoms with Crippen LogP contribution in [-0.2, 0) is 4.74 Å². The largest absolute Gasteiger partial charge is 0.502 e. The predicted octanol–water partition coefficient (Wildman–Crippen LogP) is 1.48. The second-order valence-corrected chi connectivity index (χ2v) is 2.58. The molecule has 0 aromatic heterocycles. The van der Waals surface area contributed by atoms with E-state index in [9.17, 15) is 14.9 Å². The Balaban J connectivity index is 2.97. The molecule has 0 unspecified atom stereocenters. The van der Waals surface area contributed by atoms with Crippen molar-refractivity contribution in [3.8, 4) is 5.75 Å². The summed E-state index contributed by atoms with van der Waals surface area (Å²) in [6.07, 6.45) is -0.741. The van der Waals surface area contributed by atoms with Gasteiger partial charge in [-0.15, -0.1) is 0 Å². The summed E-state index contributed by atoms with van der Waals surface area (Å²) in [5.41, 5.74) is -0.310. The quantitative estimate of drug-likeness (QED) is 0.439. The minimum atomic E-state index is -0.752. The first-order chi connectivity index (χ1) is 7.04. The number of phenols is 1. The smallest absolute Gasteiger partial charge is 0.411 e. The van der Waals surface area contributed by atoms with Crippen LogP contribution in [0.5, 0.6) is 5.75 Å². The number of hydrogen-bond acceptors (Lipinski definition) is 5. The van der Waals surface area contributed by atoms with E-state index in [2.05, 4.69) is 10.1 Å². The summed E-state index contributed by atoms with van der Waals surface area (Å²) < 4.78 is 4.30. The standard InChI is InChI=1S/C8H8N2O5/c1-15-8(12)9-5-2-3-7(11)6(4-5)10(13)14/h2-4,11H,1H3,(H,9,12). The van der Waals surface area contributed by atoms with Crippen LogP contribution < -0.4 is 5.32 Å². The molecule has 0 saturated heterocycles. The molecule has 1 amide bonds. The molecule has 7 nitrogen and oxygen atoms in total. The van der Waals surface area contributed by atoms with Gasteiger partial charge >= 0.3 is 11.8 Å². The second-order valence-electron chi connectivity index (χ2n) is 2.58. The number of nitrogens with one attached hydrogen (secondary N) is 1. The highest BCUT2D eigenvalue weighted by Crippen LogP contribution is 2.28. The Morgan fingerprint density at radius 1 is 1.60 bits per heavy atom. The van der Waals surface area contributed by atoms with E-state index in [1.165, 1.54) is 13.2 Å². The topological polar surface area (TPSA) is 102 Å². The zero-order valence-electron chi connectivity index (χ0n) is 7.76. The summed E-state index contributed by atoms with van der Waals surface area (Å²) in [6.45, 7) is 0. The molecule has 0 heterocycles. The molecule has 15 heavy (non-hydrogen) atoms. The number of hydrogen-bond donors (Lipinski definition) is 2. The van der Waals surface area contributed by atoms with Crippen LogP contribution in [-0.4, -0.2) is 23.2 Å². The van der Waals surface area contributed by atoms with E-state index in [0.717, 1.165) is 12.1 Å². The molecule has 1 aromatic carbocycles. The number of aromatic hydroxyl groups is 1. The van der Waals surface area contributed by atoms with Crippen molar-refractivity contribution in [3.05, 3.63) is 28.3 Å². The van der Waals surface area contributed by atoms with Gasteiger partial charge in [-0.3, -0.25) is 15.4 Å². The number of methoxy groups -OCH3 is 1. The van der Waals surface area contributed by atoms with Crippen molar-refractivity contribution in [2.45, 2.75) is 0 Å². The fourth-order valence-electron chi connectivity index (χ4n) is 0.916. The first-order valence-electron chi connectivity index (χ1n) is 3.87. The van der Waals surface area contributed by atoms with Gasteiger partial charge in [0, 0.05) is 6.07 Å². The maximum Gasteiger partial charge on any atom is 0.411 e. The average Bonchev–Trinajstić information content (AvgIpc) is 2.20. The van der Waals surface area contributed by atoms with Gasteiger partial charge in [-0.1, -0.05) is 0 Å². The fourth-order valence-corrected chi connectivity index (χ4v) is 0.916. The Hall–Kier alpha value is -2.31. The minimum Gasteiger partial charge on any atom is -0.502 e. The van der Waals surface area contributed by atoms with Crippen LogP contribution in [0.4, 0.5) is 16.2 Å². The Morgan fingerprint density at radius 3 is 2.80 bits per heavy atom. The number of benzene rings is 1. The van der Waals surface area contributed by atoms with E-state index in [-0.39, 0.29) is 5.69 Å². The van der Waals surface area contributed by atoms with Crippen LogP contribution in [0.15, 0.2) is 18.2 Å². The number of nitro benzene ring substituents is 1. The lowest BCUT2D eigenvalue weighted by Gasteiger charge is -2.03. The lowest BCUT2D eigenvalue weighted by molar-refractivity contribution is -0.385. The Morgan fingerprint density at radius 2 is 2.27 bits per heavy atom. The van der Waals surface area contributed by atoms with Crippen molar-refractivity contribution < 1.29 is 19.6 Å². The van der Waals surface area contributed by atoms with Crippen LogP contribution in [0, 0.1) is 10.1 Å². The van der Waals surface area contributed by atoms with Crippen LogP contribution in [0.1, 0.15) is 0 Å². The third kappa shape index (κ3) is 2.56. The van der Waals surface area contributed by atoms with Crippen LogP contribution >= 0.6 is 0 Å². The molecule has 0 atom stereocenters. The molecule has 0 radical (unpaired) electrons. The third-order valence-electron chi connectivity index (χ3n) is 1.60. The van der Waals surface area contributed by atoms with Gasteiger partial charge in [0.25, 0.3) is 0 Å². The lowest BCUT2D eigenvalue weighted by atomic mass is 10.2. The monoisotopic (exact) mass is 212 g/mol. The number of anilines is 1. The number of phenolic OH excluding ortho intramolecular Hbond substituents is 1. The van der Waals surface area contributed by atoms with Crippen molar-refractivity contribution >= 4 is 17.5 Å². The van der Waals surface area contributed by atoms with Crippen molar-refractivity contribution in [2.75, 3.05) is 12.4 Å². The van der Waals surface area contributed by atoms with E-state index in [0.29, 0.717) is 0 Å². The van der Waals surface area contributed by atoms with Gasteiger partial charge in [0.2, 0.25) is 0 Å². The summed E-state index contributed by atoms with van der Waals surface area (Å²) in [4.78, 5) is 20.5. The number of carbonyl (C=O) groups is 1. The molecule has 0 fully saturated rings. The molecule has 0 aliphatic rings. The predicted molar refractivity (Wildman–Crippen MR) is 50.8 cm³/mol. The Bertz CT molecular complexity index is 404. The number of ether oxygens (including phenoxy) is 1. The number of amides is 1. The lowest BCUT2D eigenvalue weighted by Crippen LogP contribution is -2.10. The highest BCUT2D eigenvalue weighted by atomic mass is 16.6. The molecule has 80 valence electrons. The zero-order valence-corrected chi connectivity index (χ0v) is 7.76. The van der Waals surface area contributed by atoms with Gasteiger partial charge < -0.3 is 9.84 Å². The molecule has 1 rings (SSSR count). The van der Waals surface area contributed by atoms with Gasteiger partial charge in [0.15, 0.2) is 5.75 Å². The maximum atomic E-state index is 10.8. The van der Waals surface area contributed by atoms with Gasteiger partial charge in [-0.05, 0) is 12.1 Å². The molecule has 0 bridgehead atoms. The molecule has 0 aliphatic carbocycles. The van der Waals surface area contributed by atoms with E-state index < -0.39 is 22.5 Å². The van der Waals surface area contributed by atoms with Crippen molar-refractivity contribution in [1.29, 1.82) is 0 Å². The maximum absolute atomic E-state index is 10.8. The van der Waals surface area contributed by atoms with E-state index in [1.54, 1.807) is 0 Å². The van der Waals surface area contributed by atoms with Gasteiger partial charge in [0.05, 0.1) is 17.7 Å². The molecule has 7 heteroatoms. The van der Waals surface area contributed by atoms with E-state index >= 15 is 0 Å². The van der Waals surface area contributed by atoms with Crippen LogP contribution in [0.2, 0.25) is 0 Å². The van der Waals surface area contributed by atoms with Gasteiger partial charge in [-0.25, -0.2) is 4.79 Å². The minimum absolute atomic E-state index is 0.173. The summed E-state index contributed by atoms with van der Waals surface area (Å²) in [6, 6.07) is 3.47. The van der Waals surface area contributed by atoms with Crippen LogP contribution in [0.3, 0.4) is 0 Å². The van der Waals surface area contributed by atoms with Crippen molar-refractivity contribution in [1.82, 2.24) is 0 Å². The van der Waals surface area contributed by atoms with Gasteiger partial charge in [-0.2, -0.15) is 0 Å². The van der Waals surface area contributed by atoms with Crippen molar-refractivity contribution in [3.63, 3.8) is 0 Å². The third-order valence-corrected chi connectivity index (χ3v) is 1.60. The summed E-state index contributed by atoms with van der Waals surface area (Å²) >= 11 is 0. The molecular formula is C8H8N2O5. The first-order valence-corrected chi connectivity index (χ1v) is 3.87. The number of carbonyl (C=O) groups excluding carboxylic acids is 1. The highest BCUT2D eigenvalue weighted by molar-refractivity contribution is 5.85. The fraction of sp³-hybridized carbons (Fsp3) is 0.125. The first kappa shape index (κ1) is 10.8. The van der Waals surface area contributed by atoms with Gasteiger partial charge in [0.1, 0.15) is 0 Å². The molecule has 2 N–H and O–H groups in total. The van der Waals surface area contributed by atoms with Crippen molar-refractivity contribution in [2.24, 2.45) is 0 Å². The van der Waals surface area contributed by atoms with E-state index in [4.69, 9.17) is 5.11 Å². The Labute approximate surface area is 84.4 Å². The SMILES string of the molecule is COC(=O)Nc1ccc(O)c([N+](=O)[O-])c1. The normalized spacial score (nSPS) is 9.40. The number of nitro groups is 1. The highest BCUT2D eigenvalue weighted by Gasteiger charge is 2.14. The van der Waals surface area contributed by atoms with E-state index in [1.807, 2.05) is 0 Å². The summed E-state index contributed by atoms with van der Waals surface area (Å²) in [5, 5.41) is 21.8. The number of nitrogens with zero attached hydrogens (tertiary/aromatic N) is 1. The number of rotatable bonds is 2. The van der Waals surface area contributed by atoms with Crippen LogP contribution in [0.25, 0.3) is 0 Å². The molecule has 0 aliphatic heterocycles. The molecule has 0 saturated carbocycles. The summed E-state index contributed by atoms with van der Waals surface area (Å²) in [5.74, 6) is -0.463.